The second kappa shape index (κ2) is 7.56. The van der Waals surface area contributed by atoms with E-state index in [0.29, 0.717) is 0 Å². The van der Waals surface area contributed by atoms with E-state index < -0.39 is 0 Å². The zero-order valence-corrected chi connectivity index (χ0v) is 16.4. The molecule has 0 aromatic heterocycles. The van der Waals surface area contributed by atoms with Crippen LogP contribution in [-0.2, 0) is 18.2 Å². The molecule has 2 aromatic rings. The van der Waals surface area contributed by atoms with Crippen LogP contribution in [-0.4, -0.2) is 0 Å². The summed E-state index contributed by atoms with van der Waals surface area (Å²) in [4.78, 5) is 0. The summed E-state index contributed by atoms with van der Waals surface area (Å²) in [5.74, 6) is 0. The number of hydrogen-bond acceptors (Lipinski definition) is 0. The molecule has 0 bridgehead atoms. The van der Waals surface area contributed by atoms with E-state index >= 15 is 0 Å². The van der Waals surface area contributed by atoms with Crippen LogP contribution in [0.4, 0.5) is 0 Å². The molecule has 0 spiro atoms. The largest absolute Gasteiger partial charge is 0.0622 e. The monoisotopic (exact) mass is 529 g/mol. The van der Waals surface area contributed by atoms with Gasteiger partial charge in [0.25, 0.3) is 0 Å². The van der Waals surface area contributed by atoms with E-state index in [4.69, 9.17) is 0 Å². The van der Waals surface area contributed by atoms with Gasteiger partial charge in [0.1, 0.15) is 0 Å². The Morgan fingerprint density at radius 3 is 1.89 bits per heavy atom. The summed E-state index contributed by atoms with van der Waals surface area (Å²) >= 11 is 6.22. The third kappa shape index (κ3) is 3.75. The predicted molar refractivity (Wildman–Crippen MR) is 82.0 cm³/mol. The average Bonchev–Trinajstić information content (AvgIpc) is 2.84. The van der Waals surface area contributed by atoms with Crippen LogP contribution < -0.4 is 0 Å². The van der Waals surface area contributed by atoms with Crippen molar-refractivity contribution in [3.05, 3.63) is 77.7 Å². The molecule has 0 aliphatic heterocycles. The Morgan fingerprint density at radius 1 is 0.722 bits per heavy atom. The SMILES string of the molecule is [Br][Hf][Br].[CH]1C(c2ccccc2)=Cc2ccccc21. The van der Waals surface area contributed by atoms with Crippen LogP contribution >= 0.6 is 24.6 Å². The fraction of sp³-hybridized carbons (Fsp3) is 0. The van der Waals surface area contributed by atoms with Crippen molar-refractivity contribution < 1.29 is 18.2 Å². The minimum Gasteiger partial charge on any atom is -0.0622 e. The van der Waals surface area contributed by atoms with Crippen LogP contribution in [0, 0.1) is 6.42 Å². The van der Waals surface area contributed by atoms with Crippen LogP contribution in [0.3, 0.4) is 0 Å². The maximum Gasteiger partial charge on any atom is 0.0211 e. The van der Waals surface area contributed by atoms with Crippen molar-refractivity contribution in [2.45, 2.75) is 0 Å². The summed E-state index contributed by atoms with van der Waals surface area (Å²) in [5.41, 5.74) is 5.22. The summed E-state index contributed by atoms with van der Waals surface area (Å²) < 4.78 is 0. The normalized spacial score (nSPS) is 12.0. The first-order valence-electron chi connectivity index (χ1n) is 5.52. The molecule has 18 heavy (non-hydrogen) atoms. The molecule has 0 heterocycles. The molecule has 0 atom stereocenters. The zero-order valence-electron chi connectivity index (χ0n) is 9.61. The van der Waals surface area contributed by atoms with Crippen LogP contribution in [0.5, 0.6) is 0 Å². The van der Waals surface area contributed by atoms with Gasteiger partial charge in [-0.3, -0.25) is 0 Å². The van der Waals surface area contributed by atoms with E-state index in [0.717, 1.165) is 0 Å². The number of fused-ring (bicyclic) bond motifs is 1. The Morgan fingerprint density at radius 2 is 1.28 bits per heavy atom. The van der Waals surface area contributed by atoms with Gasteiger partial charge in [-0.15, -0.1) is 0 Å². The van der Waals surface area contributed by atoms with Crippen LogP contribution in [0.1, 0.15) is 16.7 Å². The van der Waals surface area contributed by atoms with Gasteiger partial charge in [-0.25, -0.2) is 0 Å². The molecule has 3 rings (SSSR count). The average molecular weight is 530 g/mol. The first-order chi connectivity index (χ1) is 8.85. The maximum absolute atomic E-state index is 3.26. The summed E-state index contributed by atoms with van der Waals surface area (Å²) in [6, 6.07) is 19.0. The Balaban J connectivity index is 0.000000367. The first kappa shape index (κ1) is 14.4. The van der Waals surface area contributed by atoms with Crippen molar-refractivity contribution in [1.29, 1.82) is 0 Å². The molecule has 0 saturated heterocycles. The van der Waals surface area contributed by atoms with E-state index in [1.54, 1.807) is 0 Å². The molecule has 0 N–H and O–H groups in total. The summed E-state index contributed by atoms with van der Waals surface area (Å²) in [6.45, 7) is 0. The first-order valence-corrected chi connectivity index (χ1v) is 21.2. The van der Waals surface area contributed by atoms with Gasteiger partial charge in [0, 0.05) is 6.42 Å². The molecular weight excluding hydrogens is 518 g/mol. The van der Waals surface area contributed by atoms with Crippen LogP contribution in [0.15, 0.2) is 54.6 Å². The number of allylic oxidation sites excluding steroid dienone is 1. The summed E-state index contributed by atoms with van der Waals surface area (Å²) in [7, 11) is 0. The van der Waals surface area contributed by atoms with Gasteiger partial charge in [-0.2, -0.15) is 0 Å². The van der Waals surface area contributed by atoms with Crippen molar-refractivity contribution >= 4 is 36.2 Å². The number of rotatable bonds is 1. The van der Waals surface area contributed by atoms with Gasteiger partial charge < -0.3 is 0 Å². The Labute approximate surface area is 131 Å². The molecule has 0 unspecified atom stereocenters. The molecule has 1 radical (unpaired) electrons. The molecule has 3 heteroatoms. The minimum atomic E-state index is -0.292. The van der Waals surface area contributed by atoms with Gasteiger partial charge >= 0.3 is 42.8 Å². The fourth-order valence-corrected chi connectivity index (χ4v) is 1.95. The Hall–Kier alpha value is 0.0101. The van der Waals surface area contributed by atoms with Gasteiger partial charge in [0.2, 0.25) is 0 Å². The van der Waals surface area contributed by atoms with E-state index in [2.05, 4.69) is 85.6 Å². The van der Waals surface area contributed by atoms with Gasteiger partial charge in [0.05, 0.1) is 0 Å². The van der Waals surface area contributed by atoms with E-state index in [1.165, 1.54) is 22.3 Å². The minimum absolute atomic E-state index is 0.292. The fourth-order valence-electron chi connectivity index (χ4n) is 1.95. The second-order valence-corrected chi connectivity index (χ2v) is 19.5. The maximum atomic E-state index is 3.26. The van der Waals surface area contributed by atoms with E-state index in [1.807, 2.05) is 6.07 Å². The Kier molecular flexibility index (Phi) is 6.06. The Bertz CT molecular complexity index is 535. The summed E-state index contributed by atoms with van der Waals surface area (Å²) in [6.07, 6.45) is 4.48. The molecule has 1 aliphatic carbocycles. The summed E-state index contributed by atoms with van der Waals surface area (Å²) in [5, 5.41) is 0. The standard InChI is InChI=1S/C15H11.2BrH.Hf/c1-2-6-12(7-3-1)15-10-13-8-4-5-9-14(13)11-15;;;/h1-11H;2*1H;/q;;;+2/p-2. The van der Waals surface area contributed by atoms with Crippen molar-refractivity contribution in [1.82, 2.24) is 0 Å². The third-order valence-corrected chi connectivity index (χ3v) is 2.73. The number of hydrogen-bond donors (Lipinski definition) is 0. The molecule has 2 aromatic carbocycles. The van der Waals surface area contributed by atoms with Gasteiger partial charge in [-0.05, 0) is 22.3 Å². The van der Waals surface area contributed by atoms with Crippen LogP contribution in [0.2, 0.25) is 0 Å². The van der Waals surface area contributed by atoms with Crippen LogP contribution in [0.25, 0.3) is 11.6 Å². The number of halogens is 2. The van der Waals surface area contributed by atoms with Gasteiger partial charge in [0.15, 0.2) is 0 Å². The quantitative estimate of drug-likeness (QED) is 0.429. The van der Waals surface area contributed by atoms with Crippen molar-refractivity contribution in [3.63, 3.8) is 0 Å². The topological polar surface area (TPSA) is 0 Å². The molecule has 0 fully saturated rings. The van der Waals surface area contributed by atoms with E-state index in [9.17, 15) is 0 Å². The number of benzene rings is 2. The van der Waals surface area contributed by atoms with Crippen molar-refractivity contribution in [3.8, 4) is 0 Å². The second-order valence-electron chi connectivity index (χ2n) is 3.81. The smallest absolute Gasteiger partial charge is 0.0211 e. The van der Waals surface area contributed by atoms with Gasteiger partial charge in [-0.1, -0.05) is 60.7 Å². The molecule has 89 valence electrons. The zero-order chi connectivity index (χ0) is 12.8. The van der Waals surface area contributed by atoms with Crippen molar-refractivity contribution in [2.75, 3.05) is 0 Å². The molecular formula is C15H11Br2Hf. The van der Waals surface area contributed by atoms with E-state index in [-0.39, 0.29) is 18.2 Å². The molecule has 0 saturated carbocycles. The third-order valence-electron chi connectivity index (χ3n) is 2.73. The molecule has 0 amide bonds. The predicted octanol–water partition coefficient (Wildman–Crippen LogP) is 5.48. The molecule has 0 nitrogen and oxygen atoms in total. The van der Waals surface area contributed by atoms with Crippen molar-refractivity contribution in [2.24, 2.45) is 0 Å². The molecule has 1 aliphatic rings.